The Labute approximate surface area is 134 Å². The van der Waals surface area contributed by atoms with E-state index in [1.165, 1.54) is 0 Å². The predicted molar refractivity (Wildman–Crippen MR) is 87.2 cm³/mol. The highest BCUT2D eigenvalue weighted by Gasteiger charge is 2.32. The molecule has 6 nitrogen and oxygen atoms in total. The van der Waals surface area contributed by atoms with Crippen LogP contribution in [0.5, 0.6) is 0 Å². The van der Waals surface area contributed by atoms with Gasteiger partial charge in [-0.3, -0.25) is 0 Å². The Morgan fingerprint density at radius 3 is 3.17 bits per heavy atom. The topological polar surface area (TPSA) is 65.1 Å². The van der Waals surface area contributed by atoms with Gasteiger partial charge in [0.15, 0.2) is 0 Å². The van der Waals surface area contributed by atoms with E-state index in [-0.39, 0.29) is 6.10 Å². The van der Waals surface area contributed by atoms with Crippen LogP contribution in [0.3, 0.4) is 0 Å². The van der Waals surface area contributed by atoms with Crippen molar-refractivity contribution < 1.29 is 9.15 Å². The fraction of sp³-hybridized carbons (Fsp3) is 0.412. The minimum absolute atomic E-state index is 0.0426. The largest absolute Gasteiger partial charge is 0.464 e. The normalized spacial score (nSPS) is 21.1. The maximum Gasteiger partial charge on any atom is 0.139 e. The summed E-state index contributed by atoms with van der Waals surface area (Å²) in [6.07, 6.45) is 8.38. The molecule has 1 fully saturated rings. The van der Waals surface area contributed by atoms with Crippen LogP contribution in [0.1, 0.15) is 25.3 Å². The number of pyridine rings is 1. The number of hydrogen-bond acceptors (Lipinski definition) is 5. The van der Waals surface area contributed by atoms with Gasteiger partial charge in [0, 0.05) is 44.2 Å². The first-order chi connectivity index (χ1) is 11.4. The first-order valence-corrected chi connectivity index (χ1v) is 8.05. The Hall–Kier alpha value is -2.34. The van der Waals surface area contributed by atoms with Gasteiger partial charge in [-0.25, -0.2) is 9.97 Å². The third-order valence-electron chi connectivity index (χ3n) is 4.47. The molecule has 6 heteroatoms. The van der Waals surface area contributed by atoms with Crippen LogP contribution < -0.4 is 5.32 Å². The van der Waals surface area contributed by atoms with Crippen LogP contribution in [0.4, 0.5) is 5.82 Å². The molecular weight excluding hydrogens is 292 g/mol. The highest BCUT2D eigenvalue weighted by atomic mass is 16.5. The average molecular weight is 312 g/mol. The lowest BCUT2D eigenvalue weighted by Crippen LogP contribution is -2.21. The van der Waals surface area contributed by atoms with Gasteiger partial charge in [0.05, 0.1) is 11.6 Å². The molecule has 1 aliphatic rings. The molecule has 23 heavy (non-hydrogen) atoms. The Kier molecular flexibility index (Phi) is 3.75. The van der Waals surface area contributed by atoms with Crippen molar-refractivity contribution in [2.75, 3.05) is 18.5 Å². The maximum atomic E-state index is 5.95. The van der Waals surface area contributed by atoms with Crippen molar-refractivity contribution in [1.82, 2.24) is 14.5 Å². The summed E-state index contributed by atoms with van der Waals surface area (Å²) in [5.41, 5.74) is 0.850. The molecule has 0 bridgehead atoms. The van der Waals surface area contributed by atoms with Crippen LogP contribution in [0.25, 0.3) is 11.0 Å². The van der Waals surface area contributed by atoms with Gasteiger partial charge in [0.2, 0.25) is 0 Å². The summed E-state index contributed by atoms with van der Waals surface area (Å²) < 4.78 is 13.5. The van der Waals surface area contributed by atoms with Crippen molar-refractivity contribution in [1.29, 1.82) is 0 Å². The number of hydrogen-bond donors (Lipinski definition) is 1. The molecule has 0 spiro atoms. The zero-order valence-corrected chi connectivity index (χ0v) is 13.1. The molecule has 2 atom stereocenters. The van der Waals surface area contributed by atoms with Crippen LogP contribution in [0, 0.1) is 5.92 Å². The van der Waals surface area contributed by atoms with Gasteiger partial charge in [-0.15, -0.1) is 0 Å². The molecule has 3 aromatic rings. The molecule has 120 valence electrons. The van der Waals surface area contributed by atoms with E-state index in [0.717, 1.165) is 48.7 Å². The van der Waals surface area contributed by atoms with Crippen LogP contribution >= 0.6 is 0 Å². The van der Waals surface area contributed by atoms with Gasteiger partial charge in [-0.1, -0.05) is 0 Å². The van der Waals surface area contributed by atoms with Crippen LogP contribution in [0.2, 0.25) is 0 Å². The Bertz CT molecular complexity index is 795. The standard InChI is InChI=1S/C17H20N4O2/c1-2-21-8-7-19-17(21)15-12(4-9-23-15)11-20-16-13-5-10-22-14(13)3-6-18-16/h3,5-8,10,12,15H,2,4,9,11H2,1H3,(H,18,20)/t12-,15+/m0/s1. The molecule has 0 radical (unpaired) electrons. The van der Waals surface area contributed by atoms with Gasteiger partial charge in [0.1, 0.15) is 23.3 Å². The van der Waals surface area contributed by atoms with E-state index in [4.69, 9.17) is 9.15 Å². The molecule has 0 unspecified atom stereocenters. The molecule has 0 aliphatic carbocycles. The number of nitrogens with one attached hydrogen (secondary N) is 1. The first-order valence-electron chi connectivity index (χ1n) is 8.05. The lowest BCUT2D eigenvalue weighted by atomic mass is 10.0. The number of furan rings is 1. The molecule has 0 amide bonds. The molecular formula is C17H20N4O2. The van der Waals surface area contributed by atoms with E-state index < -0.39 is 0 Å². The third kappa shape index (κ3) is 2.59. The van der Waals surface area contributed by atoms with Gasteiger partial charge in [-0.2, -0.15) is 0 Å². The van der Waals surface area contributed by atoms with Crippen molar-refractivity contribution in [2.45, 2.75) is 26.0 Å². The number of anilines is 1. The molecule has 3 aromatic heterocycles. The monoisotopic (exact) mass is 312 g/mol. The van der Waals surface area contributed by atoms with Crippen molar-refractivity contribution in [3.8, 4) is 0 Å². The Morgan fingerprint density at radius 2 is 2.26 bits per heavy atom. The number of nitrogens with zero attached hydrogens (tertiary/aromatic N) is 3. The zero-order chi connectivity index (χ0) is 15.6. The average Bonchev–Trinajstić information content (AvgIpc) is 3.30. The van der Waals surface area contributed by atoms with E-state index in [9.17, 15) is 0 Å². The van der Waals surface area contributed by atoms with Gasteiger partial charge in [0.25, 0.3) is 0 Å². The number of rotatable bonds is 5. The van der Waals surface area contributed by atoms with E-state index in [1.807, 2.05) is 24.5 Å². The molecule has 0 aromatic carbocycles. The maximum absolute atomic E-state index is 5.95. The summed E-state index contributed by atoms with van der Waals surface area (Å²) in [7, 11) is 0. The van der Waals surface area contributed by atoms with Crippen molar-refractivity contribution in [3.05, 3.63) is 42.8 Å². The zero-order valence-electron chi connectivity index (χ0n) is 13.1. The molecule has 1 N–H and O–H groups in total. The van der Waals surface area contributed by atoms with Gasteiger partial charge < -0.3 is 19.0 Å². The van der Waals surface area contributed by atoms with Crippen LogP contribution in [-0.2, 0) is 11.3 Å². The van der Waals surface area contributed by atoms with Crippen molar-refractivity contribution in [2.24, 2.45) is 5.92 Å². The molecule has 0 saturated carbocycles. The molecule has 1 saturated heterocycles. The molecule has 1 aliphatic heterocycles. The highest BCUT2D eigenvalue weighted by molar-refractivity contribution is 5.87. The van der Waals surface area contributed by atoms with Gasteiger partial charge in [-0.05, 0) is 25.5 Å². The summed E-state index contributed by atoms with van der Waals surface area (Å²) in [6.45, 7) is 4.61. The number of aryl methyl sites for hydroxylation is 1. The summed E-state index contributed by atoms with van der Waals surface area (Å²) in [5, 5.41) is 4.47. The second-order valence-electron chi connectivity index (χ2n) is 5.78. The Morgan fingerprint density at radius 1 is 1.30 bits per heavy atom. The first kappa shape index (κ1) is 14.3. The van der Waals surface area contributed by atoms with Crippen molar-refractivity contribution >= 4 is 16.8 Å². The molecule has 4 rings (SSSR count). The highest BCUT2D eigenvalue weighted by Crippen LogP contribution is 2.34. The number of fused-ring (bicyclic) bond motifs is 1. The quantitative estimate of drug-likeness (QED) is 0.783. The minimum atomic E-state index is 0.0426. The predicted octanol–water partition coefficient (Wildman–Crippen LogP) is 3.23. The van der Waals surface area contributed by atoms with E-state index in [1.54, 1.807) is 12.5 Å². The summed E-state index contributed by atoms with van der Waals surface area (Å²) in [5.74, 6) is 2.26. The smallest absolute Gasteiger partial charge is 0.139 e. The number of ether oxygens (including phenoxy) is 1. The van der Waals surface area contributed by atoms with Gasteiger partial charge >= 0.3 is 0 Å². The summed E-state index contributed by atoms with van der Waals surface area (Å²) in [6, 6.07) is 3.82. The lowest BCUT2D eigenvalue weighted by Gasteiger charge is -2.19. The second kappa shape index (κ2) is 6.04. The number of aromatic nitrogens is 3. The Balaban J connectivity index is 1.51. The number of imidazole rings is 1. The summed E-state index contributed by atoms with van der Waals surface area (Å²) >= 11 is 0. The lowest BCUT2D eigenvalue weighted by molar-refractivity contribution is 0.0832. The van der Waals surface area contributed by atoms with Crippen LogP contribution in [-0.4, -0.2) is 27.7 Å². The minimum Gasteiger partial charge on any atom is -0.464 e. The second-order valence-corrected chi connectivity index (χ2v) is 5.78. The van der Waals surface area contributed by atoms with Crippen molar-refractivity contribution in [3.63, 3.8) is 0 Å². The van der Waals surface area contributed by atoms with E-state index in [2.05, 4.69) is 26.8 Å². The van der Waals surface area contributed by atoms with Crippen LogP contribution in [0.15, 0.2) is 41.4 Å². The van der Waals surface area contributed by atoms with E-state index >= 15 is 0 Å². The summed E-state index contributed by atoms with van der Waals surface area (Å²) in [4.78, 5) is 8.92. The fourth-order valence-electron chi connectivity index (χ4n) is 3.24. The van der Waals surface area contributed by atoms with E-state index in [0.29, 0.717) is 5.92 Å². The fourth-order valence-corrected chi connectivity index (χ4v) is 3.24. The third-order valence-corrected chi connectivity index (χ3v) is 4.47. The SMILES string of the molecule is CCn1ccnc1[C@@H]1OCC[C@H]1CNc1nccc2occc12. The molecule has 4 heterocycles.